The third kappa shape index (κ3) is 4.45. The molecule has 4 nitrogen and oxygen atoms in total. The molecule has 0 saturated heterocycles. The smallest absolute Gasteiger partial charge is 0.278 e. The van der Waals surface area contributed by atoms with Gasteiger partial charge in [0.2, 0.25) is 0 Å². The molecule has 1 amide bonds. The van der Waals surface area contributed by atoms with Gasteiger partial charge in [-0.15, -0.1) is 0 Å². The van der Waals surface area contributed by atoms with E-state index in [-0.39, 0.29) is 11.9 Å². The van der Waals surface area contributed by atoms with E-state index >= 15 is 0 Å². The first-order chi connectivity index (χ1) is 12.1. The zero-order valence-electron chi connectivity index (χ0n) is 14.3. The molecular weight excluding hydrogens is 332 g/mol. The first kappa shape index (κ1) is 17.2. The molecule has 3 aromatic rings. The molecule has 1 aromatic heterocycles. The molecule has 0 atom stereocenters. The van der Waals surface area contributed by atoms with Crippen LogP contribution in [0.2, 0.25) is 0 Å². The van der Waals surface area contributed by atoms with Crippen LogP contribution < -0.4 is 4.74 Å². The Labute approximate surface area is 151 Å². The normalized spacial score (nSPS) is 10.7. The highest BCUT2D eigenvalue weighted by Crippen LogP contribution is 2.24. The lowest BCUT2D eigenvalue weighted by molar-refractivity contribution is 0.0690. The van der Waals surface area contributed by atoms with E-state index in [9.17, 15) is 4.79 Å². The summed E-state index contributed by atoms with van der Waals surface area (Å²) in [7, 11) is 0. The first-order valence-corrected chi connectivity index (χ1v) is 9.04. The van der Waals surface area contributed by atoms with E-state index in [1.54, 1.807) is 30.5 Å². The minimum atomic E-state index is 0.0136. The van der Waals surface area contributed by atoms with E-state index in [4.69, 9.17) is 4.74 Å². The average Bonchev–Trinajstić information content (AvgIpc) is 3.13. The third-order valence-corrected chi connectivity index (χ3v) is 4.44. The Morgan fingerprint density at radius 3 is 2.44 bits per heavy atom. The molecular formula is C20H20N2O2S. The number of thiazole rings is 1. The van der Waals surface area contributed by atoms with E-state index in [1.165, 1.54) is 11.3 Å². The monoisotopic (exact) mass is 352 g/mol. The summed E-state index contributed by atoms with van der Waals surface area (Å²) in [6.07, 6.45) is 1.70. The Bertz CT molecular complexity index is 799. The SMILES string of the molecule is CC(C)N(Cc1ccccc1)C(=O)c1ccc(Oc2nccs2)cc1. The Kier molecular flexibility index (Phi) is 5.46. The summed E-state index contributed by atoms with van der Waals surface area (Å²) < 4.78 is 5.64. The lowest BCUT2D eigenvalue weighted by Gasteiger charge is -2.27. The van der Waals surface area contributed by atoms with Gasteiger partial charge in [-0.3, -0.25) is 4.79 Å². The van der Waals surface area contributed by atoms with Crippen LogP contribution in [0.5, 0.6) is 10.9 Å². The summed E-state index contributed by atoms with van der Waals surface area (Å²) in [4.78, 5) is 18.8. The molecule has 0 aliphatic carbocycles. The van der Waals surface area contributed by atoms with Crippen molar-refractivity contribution < 1.29 is 9.53 Å². The van der Waals surface area contributed by atoms with Crippen LogP contribution >= 0.6 is 11.3 Å². The van der Waals surface area contributed by atoms with Crippen LogP contribution in [0.25, 0.3) is 0 Å². The second-order valence-electron chi connectivity index (χ2n) is 5.94. The average molecular weight is 352 g/mol. The van der Waals surface area contributed by atoms with Gasteiger partial charge in [0, 0.05) is 29.7 Å². The predicted octanol–water partition coefficient (Wildman–Crippen LogP) is 4.99. The molecule has 3 rings (SSSR count). The van der Waals surface area contributed by atoms with Crippen molar-refractivity contribution in [1.29, 1.82) is 0 Å². The van der Waals surface area contributed by atoms with Crippen LogP contribution in [0.1, 0.15) is 29.8 Å². The van der Waals surface area contributed by atoms with Gasteiger partial charge in [-0.2, -0.15) is 0 Å². The molecule has 25 heavy (non-hydrogen) atoms. The molecule has 0 N–H and O–H groups in total. The van der Waals surface area contributed by atoms with Gasteiger partial charge in [-0.05, 0) is 43.7 Å². The second kappa shape index (κ2) is 7.94. The number of ether oxygens (including phenoxy) is 1. The highest BCUT2D eigenvalue weighted by atomic mass is 32.1. The zero-order valence-corrected chi connectivity index (χ0v) is 15.1. The molecule has 128 valence electrons. The summed E-state index contributed by atoms with van der Waals surface area (Å²) in [6.45, 7) is 4.65. The molecule has 0 radical (unpaired) electrons. The standard InChI is InChI=1S/C20H20N2O2S/c1-15(2)22(14-16-6-4-3-5-7-16)19(23)17-8-10-18(11-9-17)24-20-21-12-13-25-20/h3-13,15H,14H2,1-2H3. The number of amides is 1. The van der Waals surface area contributed by atoms with Crippen molar-refractivity contribution in [2.45, 2.75) is 26.4 Å². The van der Waals surface area contributed by atoms with E-state index in [0.717, 1.165) is 5.56 Å². The fourth-order valence-electron chi connectivity index (χ4n) is 2.46. The van der Waals surface area contributed by atoms with Gasteiger partial charge < -0.3 is 9.64 Å². The summed E-state index contributed by atoms with van der Waals surface area (Å²) in [6, 6.07) is 17.3. The first-order valence-electron chi connectivity index (χ1n) is 8.16. The molecule has 0 spiro atoms. The number of carbonyl (C=O) groups is 1. The topological polar surface area (TPSA) is 42.4 Å². The summed E-state index contributed by atoms with van der Waals surface area (Å²) in [5.41, 5.74) is 1.77. The van der Waals surface area contributed by atoms with Crippen molar-refractivity contribution in [3.05, 3.63) is 77.3 Å². The minimum absolute atomic E-state index is 0.0136. The maximum absolute atomic E-state index is 12.9. The minimum Gasteiger partial charge on any atom is -0.431 e. The Balaban J connectivity index is 1.73. The number of carbonyl (C=O) groups excluding carboxylic acids is 1. The molecule has 5 heteroatoms. The molecule has 0 saturated carbocycles. The lowest BCUT2D eigenvalue weighted by atomic mass is 10.1. The summed E-state index contributed by atoms with van der Waals surface area (Å²) in [5, 5.41) is 2.45. The number of hydrogen-bond donors (Lipinski definition) is 0. The fraction of sp³-hybridized carbons (Fsp3) is 0.200. The largest absolute Gasteiger partial charge is 0.431 e. The highest BCUT2D eigenvalue weighted by Gasteiger charge is 2.19. The van der Waals surface area contributed by atoms with Crippen molar-refractivity contribution in [1.82, 2.24) is 9.88 Å². The van der Waals surface area contributed by atoms with Crippen LogP contribution in [0.15, 0.2) is 66.2 Å². The van der Waals surface area contributed by atoms with Gasteiger partial charge in [-0.1, -0.05) is 41.7 Å². The van der Waals surface area contributed by atoms with Crippen molar-refractivity contribution in [3.8, 4) is 10.9 Å². The summed E-state index contributed by atoms with van der Waals surface area (Å²) >= 11 is 1.43. The Hall–Kier alpha value is -2.66. The van der Waals surface area contributed by atoms with Crippen LogP contribution in [0.4, 0.5) is 0 Å². The highest BCUT2D eigenvalue weighted by molar-refractivity contribution is 7.11. The Morgan fingerprint density at radius 2 is 1.84 bits per heavy atom. The second-order valence-corrected chi connectivity index (χ2v) is 6.79. The number of nitrogens with zero attached hydrogens (tertiary/aromatic N) is 2. The quantitative estimate of drug-likeness (QED) is 0.628. The van der Waals surface area contributed by atoms with Gasteiger partial charge in [-0.25, -0.2) is 4.98 Å². The van der Waals surface area contributed by atoms with Gasteiger partial charge in [0.05, 0.1) is 0 Å². The molecule has 0 aliphatic heterocycles. The van der Waals surface area contributed by atoms with E-state index in [2.05, 4.69) is 4.98 Å². The maximum atomic E-state index is 12.9. The molecule has 0 aliphatic rings. The number of aromatic nitrogens is 1. The van der Waals surface area contributed by atoms with Crippen molar-refractivity contribution in [2.75, 3.05) is 0 Å². The number of hydrogen-bond acceptors (Lipinski definition) is 4. The van der Waals surface area contributed by atoms with E-state index in [1.807, 2.05) is 54.5 Å². The lowest BCUT2D eigenvalue weighted by Crippen LogP contribution is -2.36. The van der Waals surface area contributed by atoms with Gasteiger partial charge in [0.25, 0.3) is 11.1 Å². The predicted molar refractivity (Wildman–Crippen MR) is 100 cm³/mol. The van der Waals surface area contributed by atoms with Crippen LogP contribution in [-0.4, -0.2) is 21.8 Å². The van der Waals surface area contributed by atoms with Gasteiger partial charge in [0.15, 0.2) is 0 Å². The van der Waals surface area contributed by atoms with Gasteiger partial charge in [0.1, 0.15) is 5.75 Å². The van der Waals surface area contributed by atoms with Crippen molar-refractivity contribution in [3.63, 3.8) is 0 Å². The van der Waals surface area contributed by atoms with Crippen molar-refractivity contribution in [2.24, 2.45) is 0 Å². The number of rotatable bonds is 6. The third-order valence-electron chi connectivity index (χ3n) is 3.80. The fourth-order valence-corrected chi connectivity index (χ4v) is 2.97. The molecule has 0 unspecified atom stereocenters. The molecule has 0 bridgehead atoms. The molecule has 0 fully saturated rings. The van der Waals surface area contributed by atoms with Gasteiger partial charge >= 0.3 is 0 Å². The van der Waals surface area contributed by atoms with E-state index in [0.29, 0.717) is 23.1 Å². The van der Waals surface area contributed by atoms with Crippen LogP contribution in [0, 0.1) is 0 Å². The van der Waals surface area contributed by atoms with Crippen molar-refractivity contribution >= 4 is 17.2 Å². The molecule has 1 heterocycles. The van der Waals surface area contributed by atoms with Crippen LogP contribution in [0.3, 0.4) is 0 Å². The van der Waals surface area contributed by atoms with Crippen LogP contribution in [-0.2, 0) is 6.54 Å². The summed E-state index contributed by atoms with van der Waals surface area (Å²) in [5.74, 6) is 0.685. The maximum Gasteiger partial charge on any atom is 0.278 e. The zero-order chi connectivity index (χ0) is 17.6. The molecule has 2 aromatic carbocycles. The Morgan fingerprint density at radius 1 is 1.12 bits per heavy atom. The van der Waals surface area contributed by atoms with E-state index < -0.39 is 0 Å². The number of benzene rings is 2.